The summed E-state index contributed by atoms with van der Waals surface area (Å²) in [7, 11) is 0. The van der Waals surface area contributed by atoms with Gasteiger partial charge in [0.25, 0.3) is 11.6 Å². The van der Waals surface area contributed by atoms with E-state index >= 15 is 0 Å². The number of thiophene rings is 1. The summed E-state index contributed by atoms with van der Waals surface area (Å²) >= 11 is 7.15. The minimum atomic E-state index is -0.456. The van der Waals surface area contributed by atoms with Crippen molar-refractivity contribution in [1.82, 2.24) is 0 Å². The molecule has 0 atom stereocenters. The first kappa shape index (κ1) is 14.5. The average molecular weight is 333 g/mol. The second-order valence-corrected chi connectivity index (χ2v) is 6.07. The van der Waals surface area contributed by atoms with Crippen LogP contribution in [0.3, 0.4) is 0 Å². The van der Waals surface area contributed by atoms with Gasteiger partial charge in [0.15, 0.2) is 0 Å². The van der Waals surface area contributed by atoms with Crippen molar-refractivity contribution in [2.45, 2.75) is 0 Å². The Bertz CT molecular complexity index is 891. The highest BCUT2D eigenvalue weighted by atomic mass is 35.5. The molecule has 0 fully saturated rings. The Morgan fingerprint density at radius 3 is 2.73 bits per heavy atom. The van der Waals surface area contributed by atoms with E-state index in [1.165, 1.54) is 23.5 Å². The van der Waals surface area contributed by atoms with E-state index in [1.807, 2.05) is 0 Å². The predicted molar refractivity (Wildman–Crippen MR) is 87.9 cm³/mol. The van der Waals surface area contributed by atoms with Crippen LogP contribution in [-0.2, 0) is 0 Å². The number of nitro groups is 1. The van der Waals surface area contributed by atoms with Gasteiger partial charge in [-0.3, -0.25) is 14.9 Å². The number of hydrogen-bond donors (Lipinski definition) is 1. The van der Waals surface area contributed by atoms with Gasteiger partial charge < -0.3 is 5.32 Å². The summed E-state index contributed by atoms with van der Waals surface area (Å²) in [5.41, 5.74) is 0.605. The number of carbonyl (C=O) groups excluding carboxylic acids is 1. The third-order valence-electron chi connectivity index (χ3n) is 3.02. The summed E-state index contributed by atoms with van der Waals surface area (Å²) in [5, 5.41) is 14.7. The lowest BCUT2D eigenvalue weighted by Crippen LogP contribution is -2.09. The van der Waals surface area contributed by atoms with Crippen LogP contribution in [0.15, 0.2) is 48.5 Å². The highest BCUT2D eigenvalue weighted by molar-refractivity contribution is 7.20. The van der Waals surface area contributed by atoms with Crippen molar-refractivity contribution in [2.24, 2.45) is 0 Å². The number of non-ortho nitro benzene ring substituents is 1. The zero-order valence-corrected chi connectivity index (χ0v) is 12.6. The maximum Gasteiger partial charge on any atom is 0.270 e. The summed E-state index contributed by atoms with van der Waals surface area (Å²) in [6, 6.07) is 13.0. The molecule has 0 saturated carbocycles. The normalized spacial score (nSPS) is 10.6. The fraction of sp³-hybridized carbons (Fsp3) is 0. The standard InChI is InChI=1S/C15H9ClN2O3S/c16-10-2-1-3-11(8-10)17-15(19)14-7-9-6-12(18(20)21)4-5-13(9)22-14/h1-8H,(H,17,19). The average Bonchev–Trinajstić information content (AvgIpc) is 2.90. The molecule has 0 aliphatic rings. The fourth-order valence-corrected chi connectivity index (χ4v) is 3.14. The lowest BCUT2D eigenvalue weighted by Gasteiger charge is -2.03. The van der Waals surface area contributed by atoms with Gasteiger partial charge in [-0.1, -0.05) is 17.7 Å². The number of halogens is 1. The number of fused-ring (bicyclic) bond motifs is 1. The minimum Gasteiger partial charge on any atom is -0.321 e. The Morgan fingerprint density at radius 1 is 1.18 bits per heavy atom. The smallest absolute Gasteiger partial charge is 0.270 e. The first-order valence-electron chi connectivity index (χ1n) is 6.28. The number of benzene rings is 2. The van der Waals surface area contributed by atoms with Crippen molar-refractivity contribution in [2.75, 3.05) is 5.32 Å². The number of carbonyl (C=O) groups is 1. The second kappa shape index (κ2) is 5.75. The third kappa shape index (κ3) is 2.93. The molecule has 0 unspecified atom stereocenters. The lowest BCUT2D eigenvalue weighted by molar-refractivity contribution is -0.384. The van der Waals surface area contributed by atoms with Crippen LogP contribution in [-0.4, -0.2) is 10.8 Å². The van der Waals surface area contributed by atoms with Crippen molar-refractivity contribution in [3.63, 3.8) is 0 Å². The van der Waals surface area contributed by atoms with E-state index in [0.29, 0.717) is 21.0 Å². The molecule has 3 aromatic rings. The quantitative estimate of drug-likeness (QED) is 0.557. The van der Waals surface area contributed by atoms with Crippen LogP contribution in [0.5, 0.6) is 0 Å². The van der Waals surface area contributed by atoms with Crippen LogP contribution >= 0.6 is 22.9 Å². The molecule has 0 aliphatic heterocycles. The van der Waals surface area contributed by atoms with Gasteiger partial charge in [-0.05, 0) is 30.3 Å². The van der Waals surface area contributed by atoms with Crippen molar-refractivity contribution in [1.29, 1.82) is 0 Å². The van der Waals surface area contributed by atoms with Crippen molar-refractivity contribution in [3.8, 4) is 0 Å². The fourth-order valence-electron chi connectivity index (χ4n) is 2.02. The van der Waals surface area contributed by atoms with Crippen molar-refractivity contribution >= 4 is 50.3 Å². The summed E-state index contributed by atoms with van der Waals surface area (Å²) in [6.45, 7) is 0. The van der Waals surface area contributed by atoms with E-state index in [1.54, 1.807) is 36.4 Å². The first-order valence-corrected chi connectivity index (χ1v) is 7.47. The van der Waals surface area contributed by atoms with E-state index in [2.05, 4.69) is 5.32 Å². The molecule has 3 rings (SSSR count). The van der Waals surface area contributed by atoms with Crippen LogP contribution in [0.1, 0.15) is 9.67 Å². The van der Waals surface area contributed by atoms with Gasteiger partial charge in [0.05, 0.1) is 9.80 Å². The van der Waals surface area contributed by atoms with Gasteiger partial charge in [-0.25, -0.2) is 0 Å². The number of nitrogens with zero attached hydrogens (tertiary/aromatic N) is 1. The molecule has 0 aliphatic carbocycles. The molecule has 1 N–H and O–H groups in total. The van der Waals surface area contributed by atoms with Crippen LogP contribution in [0.25, 0.3) is 10.1 Å². The molecule has 22 heavy (non-hydrogen) atoms. The number of amides is 1. The van der Waals surface area contributed by atoms with Crippen molar-refractivity contribution < 1.29 is 9.72 Å². The minimum absolute atomic E-state index is 0.00657. The van der Waals surface area contributed by atoms with Gasteiger partial charge >= 0.3 is 0 Å². The summed E-state index contributed by atoms with van der Waals surface area (Å²) in [6.07, 6.45) is 0. The topological polar surface area (TPSA) is 72.2 Å². The number of rotatable bonds is 3. The molecule has 1 aromatic heterocycles. The number of hydrogen-bond acceptors (Lipinski definition) is 4. The molecule has 0 radical (unpaired) electrons. The zero-order chi connectivity index (χ0) is 15.7. The number of nitro benzene ring substituents is 1. The molecule has 1 heterocycles. The van der Waals surface area contributed by atoms with E-state index in [0.717, 1.165) is 4.70 Å². The van der Waals surface area contributed by atoms with Crippen LogP contribution in [0.4, 0.5) is 11.4 Å². The molecular weight excluding hydrogens is 324 g/mol. The SMILES string of the molecule is O=C(Nc1cccc(Cl)c1)c1cc2cc([N+](=O)[O-])ccc2s1. The Hall–Kier alpha value is -2.44. The summed E-state index contributed by atoms with van der Waals surface area (Å²) < 4.78 is 0.821. The second-order valence-electron chi connectivity index (χ2n) is 4.55. The van der Waals surface area contributed by atoms with Gasteiger partial charge in [-0.15, -0.1) is 11.3 Å². The Morgan fingerprint density at radius 2 is 2.00 bits per heavy atom. The van der Waals surface area contributed by atoms with Crippen LogP contribution < -0.4 is 5.32 Å². The molecule has 2 aromatic carbocycles. The number of anilines is 1. The molecule has 7 heteroatoms. The predicted octanol–water partition coefficient (Wildman–Crippen LogP) is 4.72. The molecule has 0 saturated heterocycles. The Labute approximate surface area is 134 Å². The first-order chi connectivity index (χ1) is 10.5. The van der Waals surface area contributed by atoms with E-state index in [-0.39, 0.29) is 11.6 Å². The maximum absolute atomic E-state index is 12.2. The molecule has 1 amide bonds. The monoisotopic (exact) mass is 332 g/mol. The summed E-state index contributed by atoms with van der Waals surface area (Å²) in [4.78, 5) is 23.0. The Balaban J connectivity index is 1.89. The maximum atomic E-state index is 12.2. The van der Waals surface area contributed by atoms with E-state index in [4.69, 9.17) is 11.6 Å². The van der Waals surface area contributed by atoms with Gasteiger partial charge in [-0.2, -0.15) is 0 Å². The summed E-state index contributed by atoms with van der Waals surface area (Å²) in [5.74, 6) is -0.272. The van der Waals surface area contributed by atoms with Gasteiger partial charge in [0.1, 0.15) is 0 Å². The zero-order valence-electron chi connectivity index (χ0n) is 11.1. The lowest BCUT2D eigenvalue weighted by atomic mass is 10.2. The van der Waals surface area contributed by atoms with Crippen molar-refractivity contribution in [3.05, 3.63) is 68.5 Å². The highest BCUT2D eigenvalue weighted by Crippen LogP contribution is 2.29. The molecule has 0 spiro atoms. The van der Waals surface area contributed by atoms with E-state index < -0.39 is 4.92 Å². The van der Waals surface area contributed by atoms with Gasteiger partial charge in [0, 0.05) is 32.9 Å². The third-order valence-corrected chi connectivity index (χ3v) is 4.37. The highest BCUT2D eigenvalue weighted by Gasteiger charge is 2.13. The molecule has 110 valence electrons. The Kier molecular flexibility index (Phi) is 3.79. The molecule has 5 nitrogen and oxygen atoms in total. The molecular formula is C15H9ClN2O3S. The van der Waals surface area contributed by atoms with Gasteiger partial charge in [0.2, 0.25) is 0 Å². The van der Waals surface area contributed by atoms with Crippen LogP contribution in [0, 0.1) is 10.1 Å². The van der Waals surface area contributed by atoms with Crippen LogP contribution in [0.2, 0.25) is 5.02 Å². The number of nitrogens with one attached hydrogen (secondary N) is 1. The van der Waals surface area contributed by atoms with E-state index in [9.17, 15) is 14.9 Å². The molecule has 0 bridgehead atoms. The largest absolute Gasteiger partial charge is 0.321 e.